The molecule has 0 radical (unpaired) electrons. The highest BCUT2D eigenvalue weighted by Gasteiger charge is 2.23. The molecule has 0 unspecified atom stereocenters. The highest BCUT2D eigenvalue weighted by molar-refractivity contribution is 5.92. The number of carbonyl (C=O) groups is 1. The highest BCUT2D eigenvalue weighted by Crippen LogP contribution is 2.23. The van der Waals surface area contributed by atoms with E-state index in [0.717, 1.165) is 21.5 Å². The lowest BCUT2D eigenvalue weighted by Crippen LogP contribution is -2.26. The molecule has 8 nitrogen and oxygen atoms in total. The lowest BCUT2D eigenvalue weighted by molar-refractivity contribution is -0.115. The van der Waals surface area contributed by atoms with Crippen LogP contribution in [0.4, 0.5) is 21.5 Å². The van der Waals surface area contributed by atoms with Crippen molar-refractivity contribution in [3.05, 3.63) is 100 Å². The van der Waals surface area contributed by atoms with E-state index in [4.69, 9.17) is 0 Å². The number of hydrogen-bond donors (Lipinski definition) is 2. The molecule has 0 aliphatic heterocycles. The predicted molar refractivity (Wildman–Crippen MR) is 149 cm³/mol. The fourth-order valence-corrected chi connectivity index (χ4v) is 4.21. The van der Waals surface area contributed by atoms with Crippen molar-refractivity contribution in [2.24, 2.45) is 0 Å². The Bertz CT molecular complexity index is 1450. The normalized spacial score (nSPS) is 10.9. The molecule has 0 bridgehead atoms. The lowest BCUT2D eigenvalue weighted by atomic mass is 10.1. The number of halogens is 1. The first-order valence-electron chi connectivity index (χ1n) is 12.3. The van der Waals surface area contributed by atoms with E-state index in [1.54, 1.807) is 12.1 Å². The maximum absolute atomic E-state index is 13.5. The number of nitrogens with zero attached hydrogens (tertiary/aromatic N) is 4. The van der Waals surface area contributed by atoms with Crippen LogP contribution in [0.5, 0.6) is 5.88 Å². The number of amides is 1. The molecule has 0 aliphatic carbocycles. The minimum absolute atomic E-state index is 0.187. The summed E-state index contributed by atoms with van der Waals surface area (Å²) in [4.78, 5) is 30.4. The van der Waals surface area contributed by atoms with Crippen LogP contribution in [-0.2, 0) is 24.2 Å². The topological polar surface area (TPSA) is 82.7 Å². The number of aryl methyl sites for hydroxylation is 1. The first kappa shape index (κ1) is 26.5. The van der Waals surface area contributed by atoms with Gasteiger partial charge >= 0.3 is 5.69 Å². The Labute approximate surface area is 221 Å². The van der Waals surface area contributed by atoms with Gasteiger partial charge in [0.25, 0.3) is 0 Å². The van der Waals surface area contributed by atoms with Crippen LogP contribution in [0.1, 0.15) is 11.3 Å². The maximum atomic E-state index is 13.5. The monoisotopic (exact) mass is 517 g/mol. The van der Waals surface area contributed by atoms with Crippen molar-refractivity contribution >= 4 is 23.0 Å². The molecule has 3 aromatic carbocycles. The zero-order chi connectivity index (χ0) is 27.4. The molecule has 2 N–H and O–H groups in total. The first-order chi connectivity index (χ1) is 18.1. The van der Waals surface area contributed by atoms with Gasteiger partial charge in [0.1, 0.15) is 5.82 Å². The molecule has 1 aromatic heterocycles. The number of rotatable bonds is 9. The highest BCUT2D eigenvalue weighted by atomic mass is 19.1. The van der Waals surface area contributed by atoms with E-state index < -0.39 is 11.5 Å². The summed E-state index contributed by atoms with van der Waals surface area (Å²) in [5, 5.41) is 13.9. The maximum Gasteiger partial charge on any atom is 0.335 e. The Morgan fingerprint density at radius 3 is 1.97 bits per heavy atom. The van der Waals surface area contributed by atoms with Crippen LogP contribution >= 0.6 is 0 Å². The summed E-state index contributed by atoms with van der Waals surface area (Å²) in [6.45, 7) is 0.252. The van der Waals surface area contributed by atoms with Crippen molar-refractivity contribution in [3.63, 3.8) is 0 Å². The summed E-state index contributed by atoms with van der Waals surface area (Å²) in [5.41, 5.74) is 3.65. The zero-order valence-electron chi connectivity index (χ0n) is 22.0. The Morgan fingerprint density at radius 1 is 0.868 bits per heavy atom. The standard InChI is InChI=1S/C29H32FN5O3/c1-32(2)23-11-5-20(6-12-23)17-18-34-26(19-27(36)31-22-9-15-24(16-10-22)33(3)4)28(37)35(29(34)38)25-13-7-21(30)8-14-25/h5-16,37H,17-19H2,1-4H3,(H,31,36). The number of nitrogens with one attached hydrogen (secondary N) is 1. The molecule has 1 heterocycles. The number of aromatic nitrogens is 2. The smallest absolute Gasteiger partial charge is 0.335 e. The van der Waals surface area contributed by atoms with Crippen molar-refractivity contribution in [1.82, 2.24) is 9.13 Å². The molecule has 9 heteroatoms. The van der Waals surface area contributed by atoms with Crippen molar-refractivity contribution < 1.29 is 14.3 Å². The second-order valence-electron chi connectivity index (χ2n) is 9.49. The molecular weight excluding hydrogens is 485 g/mol. The van der Waals surface area contributed by atoms with Gasteiger partial charge in [0.15, 0.2) is 0 Å². The minimum Gasteiger partial charge on any atom is -0.493 e. The fraction of sp³-hybridized carbons (Fsp3) is 0.241. The second kappa shape index (κ2) is 11.2. The van der Waals surface area contributed by atoms with E-state index in [0.29, 0.717) is 17.8 Å². The number of hydrogen-bond acceptors (Lipinski definition) is 5. The summed E-state index contributed by atoms with van der Waals surface area (Å²) in [6, 6.07) is 20.6. The number of aromatic hydroxyl groups is 1. The molecule has 0 atom stereocenters. The largest absolute Gasteiger partial charge is 0.493 e. The average molecular weight is 518 g/mol. The van der Waals surface area contributed by atoms with Crippen molar-refractivity contribution in [1.29, 1.82) is 0 Å². The van der Waals surface area contributed by atoms with Crippen molar-refractivity contribution in [2.45, 2.75) is 19.4 Å². The van der Waals surface area contributed by atoms with E-state index in [2.05, 4.69) is 5.32 Å². The zero-order valence-corrected chi connectivity index (χ0v) is 22.0. The summed E-state index contributed by atoms with van der Waals surface area (Å²) in [6.07, 6.45) is 0.297. The average Bonchev–Trinajstić information content (AvgIpc) is 3.12. The van der Waals surface area contributed by atoms with E-state index >= 15 is 0 Å². The fourth-order valence-electron chi connectivity index (χ4n) is 4.21. The van der Waals surface area contributed by atoms with Gasteiger partial charge in [-0.2, -0.15) is 0 Å². The third-order valence-corrected chi connectivity index (χ3v) is 6.38. The molecule has 4 aromatic rings. The van der Waals surface area contributed by atoms with Crippen molar-refractivity contribution in [2.75, 3.05) is 43.3 Å². The third-order valence-electron chi connectivity index (χ3n) is 6.38. The Kier molecular flexibility index (Phi) is 7.85. The number of carbonyl (C=O) groups excluding carboxylic acids is 1. The van der Waals surface area contributed by atoms with Gasteiger partial charge in [0.2, 0.25) is 11.8 Å². The van der Waals surface area contributed by atoms with E-state index in [1.807, 2.05) is 74.4 Å². The second-order valence-corrected chi connectivity index (χ2v) is 9.49. The molecule has 0 aliphatic rings. The van der Waals surface area contributed by atoms with Gasteiger partial charge in [-0.1, -0.05) is 12.1 Å². The van der Waals surface area contributed by atoms with Crippen LogP contribution in [0, 0.1) is 5.82 Å². The van der Waals surface area contributed by atoms with Crippen LogP contribution < -0.4 is 20.8 Å². The van der Waals surface area contributed by atoms with Gasteiger partial charge in [0, 0.05) is 51.8 Å². The predicted octanol–water partition coefficient (Wildman–Crippen LogP) is 4.04. The SMILES string of the molecule is CN(C)c1ccc(CCn2c(CC(=O)Nc3ccc(N(C)C)cc3)c(O)n(-c3ccc(F)cc3)c2=O)cc1. The Morgan fingerprint density at radius 2 is 1.42 bits per heavy atom. The van der Waals surface area contributed by atoms with Crippen LogP contribution in [0.25, 0.3) is 5.69 Å². The summed E-state index contributed by atoms with van der Waals surface area (Å²) in [5.74, 6) is -1.18. The molecule has 0 saturated heterocycles. The van der Waals surface area contributed by atoms with E-state index in [1.165, 1.54) is 28.8 Å². The molecule has 0 fully saturated rings. The van der Waals surface area contributed by atoms with Crippen LogP contribution in [0.3, 0.4) is 0 Å². The molecule has 38 heavy (non-hydrogen) atoms. The Hall–Kier alpha value is -4.53. The molecule has 1 amide bonds. The van der Waals surface area contributed by atoms with E-state index in [-0.39, 0.29) is 30.4 Å². The molecule has 198 valence electrons. The van der Waals surface area contributed by atoms with Gasteiger partial charge in [-0.15, -0.1) is 0 Å². The Balaban J connectivity index is 1.62. The quantitative estimate of drug-likeness (QED) is 0.350. The summed E-state index contributed by atoms with van der Waals surface area (Å²) < 4.78 is 16.0. The van der Waals surface area contributed by atoms with Crippen molar-refractivity contribution in [3.8, 4) is 11.6 Å². The number of anilines is 3. The number of benzene rings is 3. The van der Waals surface area contributed by atoms with Gasteiger partial charge in [-0.05, 0) is 72.6 Å². The molecular formula is C29H32FN5O3. The first-order valence-corrected chi connectivity index (χ1v) is 12.3. The van der Waals surface area contributed by atoms with Gasteiger partial charge in [0.05, 0.1) is 17.8 Å². The molecule has 4 rings (SSSR count). The van der Waals surface area contributed by atoms with Crippen LogP contribution in [0.15, 0.2) is 77.6 Å². The molecule has 0 spiro atoms. The van der Waals surface area contributed by atoms with Gasteiger partial charge < -0.3 is 20.2 Å². The number of imidazole rings is 1. The van der Waals surface area contributed by atoms with Gasteiger partial charge in [-0.3, -0.25) is 9.36 Å². The summed E-state index contributed by atoms with van der Waals surface area (Å²) >= 11 is 0. The summed E-state index contributed by atoms with van der Waals surface area (Å²) in [7, 11) is 7.78. The van der Waals surface area contributed by atoms with Crippen LogP contribution in [0.2, 0.25) is 0 Å². The third kappa shape index (κ3) is 5.88. The molecule has 0 saturated carbocycles. The van der Waals surface area contributed by atoms with E-state index in [9.17, 15) is 19.1 Å². The minimum atomic E-state index is -0.503. The lowest BCUT2D eigenvalue weighted by Gasteiger charge is -2.13. The van der Waals surface area contributed by atoms with Gasteiger partial charge in [-0.25, -0.2) is 13.8 Å². The van der Waals surface area contributed by atoms with Crippen LogP contribution in [-0.4, -0.2) is 48.3 Å².